The van der Waals surface area contributed by atoms with E-state index in [0.717, 1.165) is 12.8 Å². The van der Waals surface area contributed by atoms with E-state index >= 15 is 0 Å². The molecule has 1 fully saturated rings. The van der Waals surface area contributed by atoms with Crippen molar-refractivity contribution in [3.63, 3.8) is 0 Å². The second-order valence-electron chi connectivity index (χ2n) is 6.23. The predicted octanol–water partition coefficient (Wildman–Crippen LogP) is 2.10. The second kappa shape index (κ2) is 7.85. The minimum Gasteiger partial charge on any atom is -0.391 e. The van der Waals surface area contributed by atoms with Crippen LogP contribution in [-0.2, 0) is 9.53 Å². The molecule has 0 heterocycles. The van der Waals surface area contributed by atoms with Crippen LogP contribution in [0.3, 0.4) is 0 Å². The first kappa shape index (κ1) is 16.4. The van der Waals surface area contributed by atoms with Gasteiger partial charge in [-0.25, -0.2) is 0 Å². The second-order valence-corrected chi connectivity index (χ2v) is 6.23. The van der Waals surface area contributed by atoms with Gasteiger partial charge in [0, 0.05) is 6.54 Å². The number of carbonyl (C=O) groups is 1. The zero-order chi connectivity index (χ0) is 14.4. The van der Waals surface area contributed by atoms with E-state index in [4.69, 9.17) is 4.74 Å². The number of ether oxygens (including phenoxy) is 1. The average Bonchev–Trinajstić information content (AvgIpc) is 2.35. The first-order valence-corrected chi connectivity index (χ1v) is 7.51. The Morgan fingerprint density at radius 1 is 1.37 bits per heavy atom. The lowest BCUT2D eigenvalue weighted by atomic mass is 9.88. The third-order valence-corrected chi connectivity index (χ3v) is 3.91. The van der Waals surface area contributed by atoms with Crippen molar-refractivity contribution in [2.24, 2.45) is 11.8 Å². The van der Waals surface area contributed by atoms with Crippen molar-refractivity contribution in [2.45, 2.75) is 71.7 Å². The van der Waals surface area contributed by atoms with Gasteiger partial charge in [-0.1, -0.05) is 33.6 Å². The van der Waals surface area contributed by atoms with Gasteiger partial charge < -0.3 is 15.2 Å². The zero-order valence-electron chi connectivity index (χ0n) is 12.7. The Balaban J connectivity index is 2.28. The quantitative estimate of drug-likeness (QED) is 0.778. The highest BCUT2D eigenvalue weighted by atomic mass is 16.5. The van der Waals surface area contributed by atoms with Gasteiger partial charge in [-0.05, 0) is 31.6 Å². The summed E-state index contributed by atoms with van der Waals surface area (Å²) >= 11 is 0. The van der Waals surface area contributed by atoms with E-state index in [-0.39, 0.29) is 17.9 Å². The predicted molar refractivity (Wildman–Crippen MR) is 75.8 cm³/mol. The van der Waals surface area contributed by atoms with Crippen molar-refractivity contribution in [2.75, 3.05) is 6.54 Å². The molecule has 0 aromatic rings. The fourth-order valence-electron chi connectivity index (χ4n) is 2.44. The Bertz CT molecular complexity index is 281. The fourth-order valence-corrected chi connectivity index (χ4v) is 2.44. The molecule has 1 rings (SSSR count). The summed E-state index contributed by atoms with van der Waals surface area (Å²) in [6.45, 7) is 8.18. The summed E-state index contributed by atoms with van der Waals surface area (Å²) < 4.78 is 5.82. The molecule has 1 saturated carbocycles. The molecule has 0 radical (unpaired) electrons. The molecule has 2 N–H and O–H groups in total. The Labute approximate surface area is 116 Å². The largest absolute Gasteiger partial charge is 0.391 e. The number of aliphatic hydroxyl groups excluding tert-OH is 1. The number of rotatable bonds is 6. The molecule has 0 spiro atoms. The third-order valence-electron chi connectivity index (χ3n) is 3.91. The smallest absolute Gasteiger partial charge is 0.248 e. The monoisotopic (exact) mass is 271 g/mol. The van der Waals surface area contributed by atoms with Crippen LogP contribution in [0.25, 0.3) is 0 Å². The highest BCUT2D eigenvalue weighted by molar-refractivity contribution is 5.80. The van der Waals surface area contributed by atoms with E-state index in [1.54, 1.807) is 6.92 Å². The molecule has 1 amide bonds. The highest BCUT2D eigenvalue weighted by Crippen LogP contribution is 2.26. The maximum Gasteiger partial charge on any atom is 0.248 e. The summed E-state index contributed by atoms with van der Waals surface area (Å²) in [5, 5.41) is 12.4. The van der Waals surface area contributed by atoms with Gasteiger partial charge in [0.25, 0.3) is 0 Å². The fraction of sp³-hybridized carbons (Fsp3) is 0.933. The molecule has 4 unspecified atom stereocenters. The molecule has 19 heavy (non-hydrogen) atoms. The van der Waals surface area contributed by atoms with E-state index in [0.29, 0.717) is 12.5 Å². The van der Waals surface area contributed by atoms with Crippen molar-refractivity contribution >= 4 is 5.91 Å². The van der Waals surface area contributed by atoms with Gasteiger partial charge in [-0.15, -0.1) is 0 Å². The summed E-state index contributed by atoms with van der Waals surface area (Å²) in [7, 11) is 0. The standard InChI is InChI=1S/C15H29NO3/c1-10(2)14(17)9-16-15(18)12(4)19-13-7-5-6-11(3)8-13/h10-14,17H,5-9H2,1-4H3,(H,16,18). The minimum atomic E-state index is -0.495. The molecule has 4 nitrogen and oxygen atoms in total. The zero-order valence-corrected chi connectivity index (χ0v) is 12.7. The van der Waals surface area contributed by atoms with Crippen molar-refractivity contribution in [1.29, 1.82) is 0 Å². The van der Waals surface area contributed by atoms with Crippen LogP contribution >= 0.6 is 0 Å². The van der Waals surface area contributed by atoms with Gasteiger partial charge in [-0.2, -0.15) is 0 Å². The van der Waals surface area contributed by atoms with Crippen LogP contribution in [0.4, 0.5) is 0 Å². The topological polar surface area (TPSA) is 58.6 Å². The van der Waals surface area contributed by atoms with Crippen molar-refractivity contribution in [3.05, 3.63) is 0 Å². The van der Waals surface area contributed by atoms with E-state index in [2.05, 4.69) is 12.2 Å². The molecule has 112 valence electrons. The summed E-state index contributed by atoms with van der Waals surface area (Å²) in [5.74, 6) is 0.713. The number of amides is 1. The molecule has 0 bridgehead atoms. The number of carbonyl (C=O) groups excluding carboxylic acids is 1. The van der Waals surface area contributed by atoms with Crippen LogP contribution in [-0.4, -0.2) is 35.9 Å². The number of aliphatic hydroxyl groups is 1. The normalized spacial score (nSPS) is 27.1. The Morgan fingerprint density at radius 2 is 2.05 bits per heavy atom. The van der Waals surface area contributed by atoms with Crippen LogP contribution in [0, 0.1) is 11.8 Å². The Kier molecular flexibility index (Phi) is 6.80. The van der Waals surface area contributed by atoms with Gasteiger partial charge in [0.1, 0.15) is 6.10 Å². The maximum absolute atomic E-state index is 11.9. The molecular formula is C15H29NO3. The third kappa shape index (κ3) is 5.91. The minimum absolute atomic E-state index is 0.127. The van der Waals surface area contributed by atoms with Crippen molar-refractivity contribution in [3.8, 4) is 0 Å². The molecule has 0 aromatic heterocycles. The Hall–Kier alpha value is -0.610. The van der Waals surface area contributed by atoms with Gasteiger partial charge in [-0.3, -0.25) is 4.79 Å². The van der Waals surface area contributed by atoms with Crippen LogP contribution in [0.5, 0.6) is 0 Å². The van der Waals surface area contributed by atoms with Crippen LogP contribution in [0.15, 0.2) is 0 Å². The summed E-state index contributed by atoms with van der Waals surface area (Å²) in [6, 6.07) is 0. The van der Waals surface area contributed by atoms with Crippen LogP contribution < -0.4 is 5.32 Å². The average molecular weight is 271 g/mol. The molecule has 0 saturated heterocycles. The van der Waals surface area contributed by atoms with Gasteiger partial charge >= 0.3 is 0 Å². The van der Waals surface area contributed by atoms with Gasteiger partial charge in [0.2, 0.25) is 5.91 Å². The van der Waals surface area contributed by atoms with Crippen LogP contribution in [0.1, 0.15) is 53.4 Å². The molecular weight excluding hydrogens is 242 g/mol. The molecule has 0 aliphatic heterocycles. The summed E-state index contributed by atoms with van der Waals surface area (Å²) in [5.41, 5.74) is 0. The SMILES string of the molecule is CC1CCCC(OC(C)C(=O)NCC(O)C(C)C)C1. The number of nitrogens with one attached hydrogen (secondary N) is 1. The molecule has 0 aromatic carbocycles. The van der Waals surface area contributed by atoms with Gasteiger partial charge in [0.15, 0.2) is 0 Å². The van der Waals surface area contributed by atoms with E-state index < -0.39 is 12.2 Å². The highest BCUT2D eigenvalue weighted by Gasteiger charge is 2.24. The molecule has 4 atom stereocenters. The summed E-state index contributed by atoms with van der Waals surface area (Å²) in [6.07, 6.45) is 3.83. The lowest BCUT2D eigenvalue weighted by Crippen LogP contribution is -2.42. The molecule has 1 aliphatic carbocycles. The first-order chi connectivity index (χ1) is 8.90. The van der Waals surface area contributed by atoms with E-state index in [1.807, 2.05) is 13.8 Å². The van der Waals surface area contributed by atoms with Crippen LogP contribution in [0.2, 0.25) is 0 Å². The Morgan fingerprint density at radius 3 is 2.63 bits per heavy atom. The molecule has 1 aliphatic rings. The van der Waals surface area contributed by atoms with Crippen molar-refractivity contribution < 1.29 is 14.6 Å². The maximum atomic E-state index is 11.9. The number of hydrogen-bond donors (Lipinski definition) is 2. The first-order valence-electron chi connectivity index (χ1n) is 7.51. The lowest BCUT2D eigenvalue weighted by molar-refractivity contribution is -0.137. The summed E-state index contributed by atoms with van der Waals surface area (Å²) in [4.78, 5) is 11.9. The lowest BCUT2D eigenvalue weighted by Gasteiger charge is -2.29. The van der Waals surface area contributed by atoms with E-state index in [1.165, 1.54) is 12.8 Å². The molecule has 4 heteroatoms. The van der Waals surface area contributed by atoms with Crippen molar-refractivity contribution in [1.82, 2.24) is 5.32 Å². The van der Waals surface area contributed by atoms with Gasteiger partial charge in [0.05, 0.1) is 12.2 Å². The number of hydrogen-bond acceptors (Lipinski definition) is 3. The van der Waals surface area contributed by atoms with E-state index in [9.17, 15) is 9.90 Å².